The molecule has 2 saturated heterocycles. The van der Waals surface area contributed by atoms with E-state index in [1.165, 1.54) is 27.7 Å². The minimum Gasteiger partial charge on any atom is -0.434 e. The highest BCUT2D eigenvalue weighted by Gasteiger charge is 2.28. The summed E-state index contributed by atoms with van der Waals surface area (Å²) in [5.41, 5.74) is 1.14. The number of alkyl halides is 2. The predicted molar refractivity (Wildman–Crippen MR) is 168 cm³/mol. The Morgan fingerprint density at radius 2 is 1.94 bits per heavy atom. The van der Waals surface area contributed by atoms with Crippen LogP contribution in [0.2, 0.25) is 0 Å². The zero-order chi connectivity index (χ0) is 32.3. The first-order valence-corrected chi connectivity index (χ1v) is 16.6. The van der Waals surface area contributed by atoms with Gasteiger partial charge >= 0.3 is 6.61 Å². The van der Waals surface area contributed by atoms with E-state index in [9.17, 15) is 18.4 Å². The Morgan fingerprint density at radius 3 is 2.70 bits per heavy atom. The quantitative estimate of drug-likeness (QED) is 0.255. The zero-order valence-electron chi connectivity index (χ0n) is 25.6. The molecule has 1 N–H and O–H groups in total. The summed E-state index contributed by atoms with van der Waals surface area (Å²) in [6.07, 6.45) is 11.3. The molecule has 0 atom stereocenters. The van der Waals surface area contributed by atoms with Crippen molar-refractivity contribution >= 4 is 34.9 Å². The molecule has 2 aliphatic heterocycles. The van der Waals surface area contributed by atoms with Crippen LogP contribution in [0.15, 0.2) is 41.7 Å². The van der Waals surface area contributed by atoms with E-state index in [1.807, 2.05) is 4.90 Å². The average Bonchev–Trinajstić information content (AvgIpc) is 3.64. The lowest BCUT2D eigenvalue weighted by atomic mass is 9.99. The molecule has 15 heteroatoms. The van der Waals surface area contributed by atoms with Crippen LogP contribution in [0.5, 0.6) is 5.75 Å². The SMILES string of the molecule is O=C(Nc1cn(CC(=O)N2CCN(CC3CCOCC3)CC2)nc1-c1cc(SC2CC2)ccc1OC(F)F)c1cnn2c#ccnc12. The van der Waals surface area contributed by atoms with Crippen molar-refractivity contribution in [3.05, 3.63) is 54.6 Å². The highest BCUT2D eigenvalue weighted by atomic mass is 32.2. The van der Waals surface area contributed by atoms with Gasteiger partial charge in [0.15, 0.2) is 5.65 Å². The van der Waals surface area contributed by atoms with Gasteiger partial charge in [-0.3, -0.25) is 19.2 Å². The Morgan fingerprint density at radius 1 is 1.13 bits per heavy atom. The maximum Gasteiger partial charge on any atom is 0.387 e. The molecular formula is C32H34F2N8O4S. The lowest BCUT2D eigenvalue weighted by molar-refractivity contribution is -0.133. The highest BCUT2D eigenvalue weighted by Crippen LogP contribution is 2.43. The van der Waals surface area contributed by atoms with Crippen LogP contribution in [-0.2, 0) is 16.1 Å². The first-order valence-electron chi connectivity index (χ1n) is 15.7. The van der Waals surface area contributed by atoms with Gasteiger partial charge in [-0.25, -0.2) is 4.98 Å². The number of carbonyl (C=O) groups excluding carboxylic acids is 2. The number of nitrogens with one attached hydrogen (secondary N) is 1. The molecule has 47 heavy (non-hydrogen) atoms. The number of rotatable bonds is 11. The van der Waals surface area contributed by atoms with Crippen LogP contribution >= 0.6 is 11.8 Å². The van der Waals surface area contributed by atoms with E-state index >= 15 is 0 Å². The first kappa shape index (κ1) is 31.3. The number of benzene rings is 1. The van der Waals surface area contributed by atoms with Crippen LogP contribution in [-0.4, -0.2) is 104 Å². The van der Waals surface area contributed by atoms with Crippen molar-refractivity contribution in [3.8, 4) is 17.0 Å². The number of piperazine rings is 1. The molecule has 0 spiro atoms. The third-order valence-electron chi connectivity index (χ3n) is 8.55. The van der Waals surface area contributed by atoms with E-state index in [0.717, 1.165) is 63.4 Å². The summed E-state index contributed by atoms with van der Waals surface area (Å²) in [5, 5.41) is 12.1. The standard InChI is InChI=1S/C32H34F2N8O4S/c33-32(34)46-27-5-4-23(47-22-2-3-22)16-24(27)29-26(37-31(44)25-17-36-42-9-1-8-35-30(25)42)19-41(38-29)20-28(43)40-12-10-39(11-13-40)18-21-6-14-45-15-7-21/h4-5,8,16-17,19,21-22,32H,2-3,6-7,10-15,18,20H2,(H,37,44). The largest absolute Gasteiger partial charge is 0.434 e. The summed E-state index contributed by atoms with van der Waals surface area (Å²) < 4.78 is 40.2. The monoisotopic (exact) mass is 664 g/mol. The Kier molecular flexibility index (Phi) is 9.23. The van der Waals surface area contributed by atoms with Crippen molar-refractivity contribution in [1.82, 2.24) is 34.2 Å². The van der Waals surface area contributed by atoms with Crippen molar-refractivity contribution in [2.45, 2.75) is 49.0 Å². The normalized spacial score (nSPS) is 17.6. The van der Waals surface area contributed by atoms with Crippen LogP contribution < -0.4 is 10.1 Å². The molecule has 0 radical (unpaired) electrons. The fourth-order valence-corrected chi connectivity index (χ4v) is 7.02. The molecule has 1 aromatic carbocycles. The number of nitrogens with zero attached hydrogens (tertiary/aromatic N) is 7. The molecule has 5 heterocycles. The number of ether oxygens (including phenoxy) is 2. The van der Waals surface area contributed by atoms with Gasteiger partial charge in [0.25, 0.3) is 5.91 Å². The molecule has 1 saturated carbocycles. The highest BCUT2D eigenvalue weighted by molar-refractivity contribution is 8.00. The summed E-state index contributed by atoms with van der Waals surface area (Å²) in [5.74, 6) is -0.131. The van der Waals surface area contributed by atoms with Crippen molar-refractivity contribution in [1.29, 1.82) is 0 Å². The number of fused-ring (bicyclic) bond motifs is 1. The van der Waals surface area contributed by atoms with Gasteiger partial charge in [0.1, 0.15) is 23.6 Å². The second kappa shape index (κ2) is 13.8. The second-order valence-corrected chi connectivity index (χ2v) is 13.3. The summed E-state index contributed by atoms with van der Waals surface area (Å²) in [7, 11) is 0. The molecule has 7 rings (SSSR count). The van der Waals surface area contributed by atoms with Crippen LogP contribution in [0.3, 0.4) is 0 Å². The fourth-order valence-electron chi connectivity index (χ4n) is 5.93. The Labute approximate surface area is 274 Å². The van der Waals surface area contributed by atoms with E-state index in [2.05, 4.69) is 37.7 Å². The van der Waals surface area contributed by atoms with Crippen LogP contribution in [0.1, 0.15) is 36.0 Å². The Bertz CT molecular complexity index is 1730. The number of amides is 2. The van der Waals surface area contributed by atoms with Gasteiger partial charge in [0.2, 0.25) is 5.91 Å². The lowest BCUT2D eigenvalue weighted by Crippen LogP contribution is -2.50. The number of hydrogen-bond acceptors (Lipinski definition) is 9. The molecule has 4 aromatic rings. The van der Waals surface area contributed by atoms with Gasteiger partial charge in [0, 0.05) is 74.0 Å². The Hall–Kier alpha value is -4.26. The van der Waals surface area contributed by atoms with Gasteiger partial charge in [-0.15, -0.1) is 11.8 Å². The van der Waals surface area contributed by atoms with Crippen LogP contribution in [0.25, 0.3) is 16.9 Å². The van der Waals surface area contributed by atoms with E-state index in [1.54, 1.807) is 30.1 Å². The predicted octanol–water partition coefficient (Wildman–Crippen LogP) is 3.87. The van der Waals surface area contributed by atoms with Gasteiger partial charge in [-0.2, -0.15) is 23.5 Å². The molecule has 0 unspecified atom stereocenters. The zero-order valence-corrected chi connectivity index (χ0v) is 26.4. The first-order chi connectivity index (χ1) is 22.9. The third-order valence-corrected chi connectivity index (χ3v) is 9.88. The fraction of sp³-hybridized carbons (Fsp3) is 0.469. The second-order valence-electron chi connectivity index (χ2n) is 11.9. The summed E-state index contributed by atoms with van der Waals surface area (Å²) in [4.78, 5) is 36.2. The minimum absolute atomic E-state index is 0.0874. The number of halogens is 2. The van der Waals surface area contributed by atoms with E-state index < -0.39 is 12.5 Å². The van der Waals surface area contributed by atoms with Crippen LogP contribution in [0.4, 0.5) is 14.5 Å². The maximum atomic E-state index is 13.5. The molecular weight excluding hydrogens is 630 g/mol. The van der Waals surface area contributed by atoms with Crippen molar-refractivity contribution in [2.75, 3.05) is 51.3 Å². The van der Waals surface area contributed by atoms with E-state index in [4.69, 9.17) is 9.47 Å². The van der Waals surface area contributed by atoms with Gasteiger partial charge < -0.3 is 19.7 Å². The Balaban J connectivity index is 1.13. The third kappa shape index (κ3) is 7.50. The molecule has 1 aliphatic carbocycles. The van der Waals surface area contributed by atoms with E-state index in [0.29, 0.717) is 24.3 Å². The molecule has 3 aromatic heterocycles. The minimum atomic E-state index is -3.07. The van der Waals surface area contributed by atoms with Crippen molar-refractivity contribution in [2.24, 2.45) is 5.92 Å². The van der Waals surface area contributed by atoms with Crippen molar-refractivity contribution < 1.29 is 27.8 Å². The molecule has 3 fully saturated rings. The average molecular weight is 665 g/mol. The number of carbonyl (C=O) groups is 2. The molecule has 12 nitrogen and oxygen atoms in total. The molecule has 3 aliphatic rings. The summed E-state index contributed by atoms with van der Waals surface area (Å²) in [6.45, 7) is 2.25. The summed E-state index contributed by atoms with van der Waals surface area (Å²) in [6, 6.07) is 7.65. The summed E-state index contributed by atoms with van der Waals surface area (Å²) >= 11 is 1.65. The smallest absolute Gasteiger partial charge is 0.387 e. The number of thioether (sulfide) groups is 1. The number of aromatic nitrogens is 5. The maximum absolute atomic E-state index is 13.5. The van der Waals surface area contributed by atoms with Crippen molar-refractivity contribution in [3.63, 3.8) is 0 Å². The lowest BCUT2D eigenvalue weighted by Gasteiger charge is -2.37. The van der Waals surface area contributed by atoms with E-state index in [-0.39, 0.29) is 46.4 Å². The topological polar surface area (TPSA) is 119 Å². The number of anilines is 1. The van der Waals surface area contributed by atoms with Gasteiger partial charge in [0.05, 0.1) is 18.1 Å². The van der Waals surface area contributed by atoms with Gasteiger partial charge in [-0.05, 0) is 55.9 Å². The van der Waals surface area contributed by atoms with Crippen LogP contribution in [0, 0.1) is 18.2 Å². The number of hydrogen-bond donors (Lipinski definition) is 1. The molecule has 2 amide bonds. The molecule has 0 bridgehead atoms. The molecule has 246 valence electrons. The van der Waals surface area contributed by atoms with Gasteiger partial charge in [-0.1, -0.05) is 0 Å².